The van der Waals surface area contributed by atoms with E-state index in [0.717, 1.165) is 12.8 Å². The van der Waals surface area contributed by atoms with Crippen LogP contribution in [0.15, 0.2) is 18.2 Å². The maximum Gasteiger partial charge on any atom is 0.121 e. The lowest BCUT2D eigenvalue weighted by Gasteiger charge is -2.16. The lowest BCUT2D eigenvalue weighted by Crippen LogP contribution is -2.26. The van der Waals surface area contributed by atoms with Crippen LogP contribution in [-0.4, -0.2) is 12.6 Å². The highest BCUT2D eigenvalue weighted by atomic mass is 35.5. The SMILES string of the molecule is CCCC(CN)Oc1ccc(Cl)c(Cl)c1. The summed E-state index contributed by atoms with van der Waals surface area (Å²) < 4.78 is 5.67. The minimum absolute atomic E-state index is 0.0484. The standard InChI is InChI=1S/C11H15Cl2NO/c1-2-3-9(7-14)15-8-4-5-10(12)11(13)6-8/h4-6,9H,2-3,7,14H2,1H3. The van der Waals surface area contributed by atoms with Gasteiger partial charge in [0.15, 0.2) is 0 Å². The number of ether oxygens (including phenoxy) is 1. The first kappa shape index (κ1) is 12.6. The smallest absolute Gasteiger partial charge is 0.121 e. The average Bonchev–Trinajstić information content (AvgIpc) is 2.23. The fraction of sp³-hybridized carbons (Fsp3) is 0.455. The van der Waals surface area contributed by atoms with Gasteiger partial charge in [-0.25, -0.2) is 0 Å². The minimum Gasteiger partial charge on any atom is -0.489 e. The molecule has 1 unspecified atom stereocenters. The molecular formula is C11H15Cl2NO. The van der Waals surface area contributed by atoms with Gasteiger partial charge >= 0.3 is 0 Å². The first-order valence-corrected chi connectivity index (χ1v) is 5.74. The Balaban J connectivity index is 2.66. The second-order valence-electron chi connectivity index (χ2n) is 3.34. The number of benzene rings is 1. The van der Waals surface area contributed by atoms with Crippen LogP contribution in [0.4, 0.5) is 0 Å². The molecule has 0 aliphatic rings. The molecule has 4 heteroatoms. The van der Waals surface area contributed by atoms with Crippen molar-refractivity contribution < 1.29 is 4.74 Å². The van der Waals surface area contributed by atoms with Gasteiger partial charge in [0.1, 0.15) is 11.9 Å². The Labute approximate surface area is 100 Å². The van der Waals surface area contributed by atoms with Gasteiger partial charge in [0.2, 0.25) is 0 Å². The van der Waals surface area contributed by atoms with Crippen LogP contribution >= 0.6 is 23.2 Å². The summed E-state index contributed by atoms with van der Waals surface area (Å²) in [7, 11) is 0. The van der Waals surface area contributed by atoms with Crippen LogP contribution in [0.3, 0.4) is 0 Å². The van der Waals surface area contributed by atoms with E-state index in [1.807, 2.05) is 0 Å². The molecule has 1 atom stereocenters. The van der Waals surface area contributed by atoms with E-state index in [9.17, 15) is 0 Å². The van der Waals surface area contributed by atoms with Crippen molar-refractivity contribution in [1.29, 1.82) is 0 Å². The zero-order valence-electron chi connectivity index (χ0n) is 8.67. The van der Waals surface area contributed by atoms with Gasteiger partial charge < -0.3 is 10.5 Å². The molecular weight excluding hydrogens is 233 g/mol. The molecule has 2 N–H and O–H groups in total. The fourth-order valence-corrected chi connectivity index (χ4v) is 1.58. The van der Waals surface area contributed by atoms with Gasteiger partial charge in [-0.15, -0.1) is 0 Å². The van der Waals surface area contributed by atoms with Crippen molar-refractivity contribution in [2.24, 2.45) is 5.73 Å². The van der Waals surface area contributed by atoms with Crippen molar-refractivity contribution in [3.05, 3.63) is 28.2 Å². The summed E-state index contributed by atoms with van der Waals surface area (Å²) in [5, 5.41) is 1.03. The summed E-state index contributed by atoms with van der Waals surface area (Å²) >= 11 is 11.7. The highest BCUT2D eigenvalue weighted by Gasteiger charge is 2.08. The summed E-state index contributed by atoms with van der Waals surface area (Å²) in [5.41, 5.74) is 5.59. The Kier molecular flexibility index (Phi) is 5.23. The third-order valence-corrected chi connectivity index (χ3v) is 2.81. The van der Waals surface area contributed by atoms with E-state index in [4.69, 9.17) is 33.7 Å². The van der Waals surface area contributed by atoms with Gasteiger partial charge in [-0.05, 0) is 18.6 Å². The van der Waals surface area contributed by atoms with E-state index in [-0.39, 0.29) is 6.10 Å². The molecule has 0 fully saturated rings. The molecule has 84 valence electrons. The maximum atomic E-state index is 5.87. The van der Waals surface area contributed by atoms with Crippen LogP contribution in [0.5, 0.6) is 5.75 Å². The topological polar surface area (TPSA) is 35.2 Å². The van der Waals surface area contributed by atoms with Gasteiger partial charge in [-0.2, -0.15) is 0 Å². The molecule has 1 aromatic carbocycles. The molecule has 1 rings (SSSR count). The quantitative estimate of drug-likeness (QED) is 0.865. The van der Waals surface area contributed by atoms with Gasteiger partial charge in [-0.1, -0.05) is 36.5 Å². The van der Waals surface area contributed by atoms with Gasteiger partial charge in [-0.3, -0.25) is 0 Å². The van der Waals surface area contributed by atoms with Gasteiger partial charge in [0, 0.05) is 12.6 Å². The molecule has 0 saturated carbocycles. The van der Waals surface area contributed by atoms with Crippen LogP contribution in [0.25, 0.3) is 0 Å². The lowest BCUT2D eigenvalue weighted by molar-refractivity contribution is 0.198. The summed E-state index contributed by atoms with van der Waals surface area (Å²) in [6, 6.07) is 5.23. The fourth-order valence-electron chi connectivity index (χ4n) is 1.29. The summed E-state index contributed by atoms with van der Waals surface area (Å²) in [6.07, 6.45) is 2.03. The van der Waals surface area contributed by atoms with Crippen molar-refractivity contribution in [1.82, 2.24) is 0 Å². The third-order valence-electron chi connectivity index (χ3n) is 2.07. The average molecular weight is 248 g/mol. The van der Waals surface area contributed by atoms with Crippen molar-refractivity contribution in [2.45, 2.75) is 25.9 Å². The normalized spacial score (nSPS) is 12.5. The van der Waals surface area contributed by atoms with Crippen molar-refractivity contribution >= 4 is 23.2 Å². The monoisotopic (exact) mass is 247 g/mol. The third kappa shape index (κ3) is 3.90. The predicted octanol–water partition coefficient (Wildman–Crippen LogP) is 3.50. The lowest BCUT2D eigenvalue weighted by atomic mass is 10.2. The highest BCUT2D eigenvalue weighted by Crippen LogP contribution is 2.27. The Morgan fingerprint density at radius 1 is 1.33 bits per heavy atom. The first-order valence-electron chi connectivity index (χ1n) is 4.99. The number of hydrogen-bond donors (Lipinski definition) is 1. The molecule has 0 bridgehead atoms. The number of nitrogens with two attached hydrogens (primary N) is 1. The first-order chi connectivity index (χ1) is 7.17. The Morgan fingerprint density at radius 2 is 2.07 bits per heavy atom. The zero-order valence-corrected chi connectivity index (χ0v) is 10.2. The molecule has 0 radical (unpaired) electrons. The van der Waals surface area contributed by atoms with Gasteiger partial charge in [0.05, 0.1) is 10.0 Å². The van der Waals surface area contributed by atoms with Crippen LogP contribution in [0.1, 0.15) is 19.8 Å². The molecule has 0 saturated heterocycles. The van der Waals surface area contributed by atoms with Crippen LogP contribution in [0, 0.1) is 0 Å². The summed E-state index contributed by atoms with van der Waals surface area (Å²) in [4.78, 5) is 0. The van der Waals surface area contributed by atoms with E-state index in [1.54, 1.807) is 18.2 Å². The van der Waals surface area contributed by atoms with E-state index >= 15 is 0 Å². The van der Waals surface area contributed by atoms with Gasteiger partial charge in [0.25, 0.3) is 0 Å². The highest BCUT2D eigenvalue weighted by molar-refractivity contribution is 6.42. The molecule has 0 aliphatic heterocycles. The van der Waals surface area contributed by atoms with Crippen LogP contribution in [0.2, 0.25) is 10.0 Å². The van der Waals surface area contributed by atoms with E-state index in [1.165, 1.54) is 0 Å². The minimum atomic E-state index is 0.0484. The Hall–Kier alpha value is -0.440. The Morgan fingerprint density at radius 3 is 2.60 bits per heavy atom. The largest absolute Gasteiger partial charge is 0.489 e. The second kappa shape index (κ2) is 6.21. The molecule has 1 aromatic rings. The second-order valence-corrected chi connectivity index (χ2v) is 4.15. The molecule has 15 heavy (non-hydrogen) atoms. The summed E-state index contributed by atoms with van der Waals surface area (Å²) in [5.74, 6) is 0.716. The van der Waals surface area contributed by atoms with E-state index in [2.05, 4.69) is 6.92 Å². The molecule has 0 aromatic heterocycles. The molecule has 0 aliphatic carbocycles. The molecule has 2 nitrogen and oxygen atoms in total. The predicted molar refractivity (Wildman–Crippen MR) is 64.8 cm³/mol. The molecule has 0 spiro atoms. The number of rotatable bonds is 5. The number of hydrogen-bond acceptors (Lipinski definition) is 2. The van der Waals surface area contributed by atoms with E-state index in [0.29, 0.717) is 22.3 Å². The molecule has 0 amide bonds. The van der Waals surface area contributed by atoms with Crippen molar-refractivity contribution in [2.75, 3.05) is 6.54 Å². The van der Waals surface area contributed by atoms with Crippen molar-refractivity contribution in [3.8, 4) is 5.75 Å². The maximum absolute atomic E-state index is 5.87. The summed E-state index contributed by atoms with van der Waals surface area (Å²) in [6.45, 7) is 2.61. The van der Waals surface area contributed by atoms with Crippen LogP contribution < -0.4 is 10.5 Å². The Bertz CT molecular complexity index is 317. The molecule has 0 heterocycles. The van der Waals surface area contributed by atoms with Crippen LogP contribution in [-0.2, 0) is 0 Å². The van der Waals surface area contributed by atoms with Crippen molar-refractivity contribution in [3.63, 3.8) is 0 Å². The number of halogens is 2. The zero-order chi connectivity index (χ0) is 11.3. The van der Waals surface area contributed by atoms with E-state index < -0.39 is 0 Å².